The summed E-state index contributed by atoms with van der Waals surface area (Å²) in [5.74, 6) is 3.36. The molecule has 2 fully saturated rings. The van der Waals surface area contributed by atoms with Crippen LogP contribution in [0.4, 0.5) is 5.69 Å². The van der Waals surface area contributed by atoms with Crippen molar-refractivity contribution in [3.05, 3.63) is 29.8 Å². The SMILES string of the molecule is CN=C(NCc1ccc(N2CCSCC2)cc1)NCC1(CCOC)CCCC1.I. The van der Waals surface area contributed by atoms with Crippen molar-refractivity contribution in [2.75, 3.05) is 56.8 Å². The number of methoxy groups -OCH3 is 1. The molecule has 7 heteroatoms. The summed E-state index contributed by atoms with van der Waals surface area (Å²) in [6, 6.07) is 8.96. The number of hydrogen-bond donors (Lipinski definition) is 2. The maximum Gasteiger partial charge on any atom is 0.191 e. The van der Waals surface area contributed by atoms with E-state index in [0.717, 1.165) is 45.2 Å². The van der Waals surface area contributed by atoms with Crippen molar-refractivity contribution in [2.24, 2.45) is 10.4 Å². The van der Waals surface area contributed by atoms with E-state index >= 15 is 0 Å². The van der Waals surface area contributed by atoms with E-state index in [1.807, 2.05) is 18.8 Å². The number of thioether (sulfide) groups is 1. The molecule has 0 bridgehead atoms. The monoisotopic (exact) mass is 532 g/mol. The first-order valence-electron chi connectivity index (χ1n) is 10.6. The van der Waals surface area contributed by atoms with Crippen LogP contribution in [-0.2, 0) is 11.3 Å². The zero-order valence-electron chi connectivity index (χ0n) is 17.9. The van der Waals surface area contributed by atoms with Gasteiger partial charge in [-0.2, -0.15) is 11.8 Å². The van der Waals surface area contributed by atoms with Gasteiger partial charge in [-0.15, -0.1) is 24.0 Å². The molecule has 0 unspecified atom stereocenters. The van der Waals surface area contributed by atoms with Crippen molar-refractivity contribution in [3.63, 3.8) is 0 Å². The summed E-state index contributed by atoms with van der Waals surface area (Å²) in [4.78, 5) is 6.90. The van der Waals surface area contributed by atoms with E-state index in [4.69, 9.17) is 4.74 Å². The molecule has 0 aromatic heterocycles. The largest absolute Gasteiger partial charge is 0.385 e. The van der Waals surface area contributed by atoms with Gasteiger partial charge >= 0.3 is 0 Å². The number of guanidine groups is 1. The predicted octanol–water partition coefficient (Wildman–Crippen LogP) is 4.12. The molecule has 2 aliphatic rings. The summed E-state index contributed by atoms with van der Waals surface area (Å²) in [6.45, 7) is 4.92. The second-order valence-corrected chi connectivity index (χ2v) is 9.22. The van der Waals surface area contributed by atoms with Crippen molar-refractivity contribution in [1.29, 1.82) is 0 Å². The van der Waals surface area contributed by atoms with Crippen molar-refractivity contribution in [1.82, 2.24) is 10.6 Å². The van der Waals surface area contributed by atoms with Crippen LogP contribution in [0.2, 0.25) is 0 Å². The molecule has 0 amide bonds. The third kappa shape index (κ3) is 7.51. The fourth-order valence-electron chi connectivity index (χ4n) is 4.28. The molecule has 1 aliphatic heterocycles. The molecule has 1 aliphatic carbocycles. The van der Waals surface area contributed by atoms with Crippen molar-refractivity contribution < 1.29 is 4.74 Å². The average molecular weight is 533 g/mol. The van der Waals surface area contributed by atoms with E-state index in [9.17, 15) is 0 Å². The molecule has 1 saturated heterocycles. The molecular weight excluding hydrogens is 495 g/mol. The minimum Gasteiger partial charge on any atom is -0.385 e. The normalized spacial score (nSPS) is 19.0. The van der Waals surface area contributed by atoms with E-state index in [0.29, 0.717) is 5.41 Å². The lowest BCUT2D eigenvalue weighted by Gasteiger charge is -2.30. The maximum atomic E-state index is 5.34. The average Bonchev–Trinajstić information content (AvgIpc) is 3.22. The second kappa shape index (κ2) is 12.9. The van der Waals surface area contributed by atoms with Crippen LogP contribution in [0.1, 0.15) is 37.7 Å². The Kier molecular flexibility index (Phi) is 10.9. The maximum absolute atomic E-state index is 5.34. The number of ether oxygens (including phenoxy) is 1. The molecule has 164 valence electrons. The molecule has 1 heterocycles. The molecule has 2 N–H and O–H groups in total. The van der Waals surface area contributed by atoms with Gasteiger partial charge in [0.25, 0.3) is 0 Å². The Balaban J connectivity index is 0.00000300. The topological polar surface area (TPSA) is 48.9 Å². The van der Waals surface area contributed by atoms with Gasteiger partial charge < -0.3 is 20.3 Å². The molecule has 1 saturated carbocycles. The first kappa shape index (κ1) is 24.6. The zero-order valence-corrected chi connectivity index (χ0v) is 21.1. The molecule has 0 radical (unpaired) electrons. The fourth-order valence-corrected chi connectivity index (χ4v) is 5.19. The van der Waals surface area contributed by atoms with Crippen molar-refractivity contribution in [2.45, 2.75) is 38.6 Å². The number of aliphatic imine (C=N–C) groups is 1. The first-order chi connectivity index (χ1) is 13.7. The lowest BCUT2D eigenvalue weighted by atomic mass is 9.83. The van der Waals surface area contributed by atoms with Gasteiger partial charge in [-0.1, -0.05) is 25.0 Å². The molecule has 5 nitrogen and oxygen atoms in total. The Labute approximate surface area is 197 Å². The summed E-state index contributed by atoms with van der Waals surface area (Å²) >= 11 is 2.05. The fraction of sp³-hybridized carbons (Fsp3) is 0.682. The predicted molar refractivity (Wildman–Crippen MR) is 137 cm³/mol. The van der Waals surface area contributed by atoms with E-state index in [2.05, 4.69) is 44.8 Å². The zero-order chi connectivity index (χ0) is 19.7. The molecule has 0 spiro atoms. The molecule has 29 heavy (non-hydrogen) atoms. The van der Waals surface area contributed by atoms with Gasteiger partial charge in [0.1, 0.15) is 0 Å². The van der Waals surface area contributed by atoms with E-state index < -0.39 is 0 Å². The third-order valence-electron chi connectivity index (χ3n) is 6.13. The number of hydrogen-bond acceptors (Lipinski definition) is 4. The molecule has 1 aromatic carbocycles. The standard InChI is InChI=1S/C22H36N4OS.HI/c1-23-21(25-18-22(11-14-27-2)9-3-4-10-22)24-17-19-5-7-20(8-6-19)26-12-15-28-16-13-26;/h5-8H,3-4,9-18H2,1-2H3,(H2,23,24,25);1H. The van der Waals surface area contributed by atoms with Crippen LogP contribution < -0.4 is 15.5 Å². The van der Waals surface area contributed by atoms with Crippen LogP contribution in [0, 0.1) is 5.41 Å². The lowest BCUT2D eigenvalue weighted by molar-refractivity contribution is 0.138. The Morgan fingerprint density at radius 3 is 2.45 bits per heavy atom. The van der Waals surface area contributed by atoms with Gasteiger partial charge in [-0.25, -0.2) is 0 Å². The molecule has 1 aromatic rings. The van der Waals surface area contributed by atoms with Crippen molar-refractivity contribution >= 4 is 47.4 Å². The van der Waals surface area contributed by atoms with Crippen LogP contribution in [0.15, 0.2) is 29.3 Å². The summed E-state index contributed by atoms with van der Waals surface area (Å²) in [7, 11) is 3.65. The number of nitrogens with zero attached hydrogens (tertiary/aromatic N) is 2. The quantitative estimate of drug-likeness (QED) is 0.300. The Hall–Kier alpha value is -0.670. The first-order valence-corrected chi connectivity index (χ1v) is 11.8. The highest BCUT2D eigenvalue weighted by Crippen LogP contribution is 2.40. The Morgan fingerprint density at radius 2 is 1.83 bits per heavy atom. The van der Waals surface area contributed by atoms with Crippen LogP contribution >= 0.6 is 35.7 Å². The van der Waals surface area contributed by atoms with Gasteiger partial charge in [0.2, 0.25) is 0 Å². The summed E-state index contributed by atoms with van der Waals surface area (Å²) in [5, 5.41) is 7.04. The highest BCUT2D eigenvalue weighted by atomic mass is 127. The number of nitrogens with one attached hydrogen (secondary N) is 2. The van der Waals surface area contributed by atoms with E-state index in [-0.39, 0.29) is 24.0 Å². The van der Waals surface area contributed by atoms with Crippen molar-refractivity contribution in [3.8, 4) is 0 Å². The van der Waals surface area contributed by atoms with Crippen LogP contribution in [0.5, 0.6) is 0 Å². The second-order valence-electron chi connectivity index (χ2n) is 8.00. The third-order valence-corrected chi connectivity index (χ3v) is 7.07. The number of rotatable bonds is 8. The van der Waals surface area contributed by atoms with Crippen LogP contribution in [0.3, 0.4) is 0 Å². The van der Waals surface area contributed by atoms with Gasteiger partial charge in [-0.3, -0.25) is 4.99 Å². The lowest BCUT2D eigenvalue weighted by Crippen LogP contribution is -2.43. The van der Waals surface area contributed by atoms with Crippen LogP contribution in [-0.4, -0.2) is 57.9 Å². The number of anilines is 1. The van der Waals surface area contributed by atoms with Gasteiger partial charge in [0, 0.05) is 64.1 Å². The minimum atomic E-state index is 0. The highest BCUT2D eigenvalue weighted by Gasteiger charge is 2.33. The van der Waals surface area contributed by atoms with Gasteiger partial charge in [-0.05, 0) is 42.4 Å². The summed E-state index contributed by atoms with van der Waals surface area (Å²) in [5.41, 5.74) is 2.99. The minimum absolute atomic E-state index is 0. The molecule has 0 atom stereocenters. The van der Waals surface area contributed by atoms with Crippen LogP contribution in [0.25, 0.3) is 0 Å². The molecule has 3 rings (SSSR count). The van der Waals surface area contributed by atoms with E-state index in [1.165, 1.54) is 48.4 Å². The summed E-state index contributed by atoms with van der Waals surface area (Å²) in [6.07, 6.45) is 6.37. The van der Waals surface area contributed by atoms with E-state index in [1.54, 1.807) is 7.11 Å². The number of benzene rings is 1. The Bertz CT molecular complexity index is 614. The number of halogens is 1. The van der Waals surface area contributed by atoms with Gasteiger partial charge in [0.05, 0.1) is 0 Å². The summed E-state index contributed by atoms with van der Waals surface area (Å²) < 4.78 is 5.34. The highest BCUT2D eigenvalue weighted by molar-refractivity contribution is 14.0. The van der Waals surface area contributed by atoms with Gasteiger partial charge in [0.15, 0.2) is 5.96 Å². The smallest absolute Gasteiger partial charge is 0.191 e. The Morgan fingerprint density at radius 1 is 1.14 bits per heavy atom. The molecular formula is C22H37IN4OS.